The maximum absolute atomic E-state index is 12.9. The van der Waals surface area contributed by atoms with E-state index in [4.69, 9.17) is 0 Å². The van der Waals surface area contributed by atoms with Gasteiger partial charge in [-0.05, 0) is 41.7 Å². The molecule has 0 heterocycles. The van der Waals surface area contributed by atoms with Crippen molar-refractivity contribution in [2.75, 3.05) is 0 Å². The Morgan fingerprint density at radius 3 is 2.83 bits per heavy atom. The van der Waals surface area contributed by atoms with Gasteiger partial charge >= 0.3 is 0 Å². The van der Waals surface area contributed by atoms with Crippen molar-refractivity contribution >= 4 is 21.5 Å². The second kappa shape index (κ2) is 2.70. The summed E-state index contributed by atoms with van der Waals surface area (Å²) < 4.78 is 13.7. The molecule has 0 amide bonds. The predicted octanol–water partition coefficient (Wildman–Crippen LogP) is 3.55. The van der Waals surface area contributed by atoms with Gasteiger partial charge in [0, 0.05) is 4.47 Å². The van der Waals surface area contributed by atoms with E-state index in [1.165, 1.54) is 6.07 Å². The minimum absolute atomic E-state index is 0.171. The summed E-state index contributed by atoms with van der Waals surface area (Å²) in [5, 5.41) is 0. The number of allylic oxidation sites excluding steroid dienone is 1. The minimum atomic E-state index is -0.171. The maximum atomic E-state index is 12.9. The normalized spacial score (nSPS) is 15.0. The van der Waals surface area contributed by atoms with Crippen LogP contribution in [0.1, 0.15) is 17.5 Å². The van der Waals surface area contributed by atoms with Crippen molar-refractivity contribution in [1.82, 2.24) is 0 Å². The number of hydrogen-bond donors (Lipinski definition) is 0. The van der Waals surface area contributed by atoms with Gasteiger partial charge in [-0.2, -0.15) is 0 Å². The van der Waals surface area contributed by atoms with Crippen LogP contribution in [-0.2, 0) is 6.42 Å². The standard InChI is InChI=1S/C10H8BrF/c1-6-2-3-7-4-8(12)5-9(11)10(6)7/h4-5H,1-3H2. The topological polar surface area (TPSA) is 0 Å². The van der Waals surface area contributed by atoms with Crippen molar-refractivity contribution in [2.24, 2.45) is 0 Å². The van der Waals surface area contributed by atoms with Crippen molar-refractivity contribution in [3.05, 3.63) is 40.1 Å². The molecule has 0 unspecified atom stereocenters. The molecule has 0 N–H and O–H groups in total. The summed E-state index contributed by atoms with van der Waals surface area (Å²) in [4.78, 5) is 0. The van der Waals surface area contributed by atoms with E-state index in [0.717, 1.165) is 34.0 Å². The van der Waals surface area contributed by atoms with E-state index in [9.17, 15) is 4.39 Å². The molecule has 0 saturated carbocycles. The van der Waals surface area contributed by atoms with Crippen molar-refractivity contribution < 1.29 is 4.39 Å². The van der Waals surface area contributed by atoms with E-state index < -0.39 is 0 Å². The second-order valence-electron chi connectivity index (χ2n) is 3.03. The van der Waals surface area contributed by atoms with Crippen LogP contribution < -0.4 is 0 Å². The highest BCUT2D eigenvalue weighted by Crippen LogP contribution is 2.36. The van der Waals surface area contributed by atoms with E-state index in [2.05, 4.69) is 22.5 Å². The summed E-state index contributed by atoms with van der Waals surface area (Å²) in [5.74, 6) is -0.171. The Kier molecular flexibility index (Phi) is 1.80. The van der Waals surface area contributed by atoms with E-state index in [-0.39, 0.29) is 5.82 Å². The zero-order valence-corrected chi connectivity index (χ0v) is 8.12. The van der Waals surface area contributed by atoms with Crippen LogP contribution in [0.4, 0.5) is 4.39 Å². The Morgan fingerprint density at radius 1 is 1.33 bits per heavy atom. The molecule has 0 radical (unpaired) electrons. The van der Waals surface area contributed by atoms with Gasteiger partial charge in [-0.25, -0.2) is 4.39 Å². The third kappa shape index (κ3) is 1.11. The lowest BCUT2D eigenvalue weighted by molar-refractivity contribution is 0.625. The third-order valence-corrected chi connectivity index (χ3v) is 2.81. The van der Waals surface area contributed by atoms with Crippen LogP contribution >= 0.6 is 15.9 Å². The molecule has 0 aromatic heterocycles. The molecule has 2 rings (SSSR count). The highest BCUT2D eigenvalue weighted by molar-refractivity contribution is 9.10. The molecule has 62 valence electrons. The molecule has 2 heteroatoms. The Morgan fingerprint density at radius 2 is 2.08 bits per heavy atom. The van der Waals surface area contributed by atoms with Gasteiger partial charge in [-0.15, -0.1) is 0 Å². The Bertz CT molecular complexity index is 355. The highest BCUT2D eigenvalue weighted by Gasteiger charge is 2.18. The zero-order chi connectivity index (χ0) is 8.72. The van der Waals surface area contributed by atoms with Crippen LogP contribution in [0, 0.1) is 5.82 Å². The van der Waals surface area contributed by atoms with E-state index in [1.54, 1.807) is 6.07 Å². The number of aryl methyl sites for hydroxylation is 1. The van der Waals surface area contributed by atoms with Crippen LogP contribution in [0.3, 0.4) is 0 Å². The number of halogens is 2. The van der Waals surface area contributed by atoms with Gasteiger partial charge in [-0.1, -0.05) is 22.5 Å². The largest absolute Gasteiger partial charge is 0.207 e. The van der Waals surface area contributed by atoms with Gasteiger partial charge in [-0.3, -0.25) is 0 Å². The van der Waals surface area contributed by atoms with E-state index >= 15 is 0 Å². The molecule has 0 atom stereocenters. The average molecular weight is 227 g/mol. The fourth-order valence-corrected chi connectivity index (χ4v) is 2.38. The van der Waals surface area contributed by atoms with Crippen molar-refractivity contribution in [3.8, 4) is 0 Å². The van der Waals surface area contributed by atoms with Crippen LogP contribution in [0.15, 0.2) is 23.2 Å². The molecule has 1 aliphatic carbocycles. The number of hydrogen-bond acceptors (Lipinski definition) is 0. The van der Waals surface area contributed by atoms with Crippen LogP contribution in [0.25, 0.3) is 5.57 Å². The lowest BCUT2D eigenvalue weighted by Crippen LogP contribution is -1.85. The van der Waals surface area contributed by atoms with Gasteiger partial charge in [0.05, 0.1) is 0 Å². The number of fused-ring (bicyclic) bond motifs is 1. The molecule has 0 nitrogen and oxygen atoms in total. The smallest absolute Gasteiger partial charge is 0.124 e. The fraction of sp³-hybridized carbons (Fsp3) is 0.200. The number of benzene rings is 1. The predicted molar refractivity (Wildman–Crippen MR) is 51.5 cm³/mol. The molecule has 0 saturated heterocycles. The van der Waals surface area contributed by atoms with Gasteiger partial charge in [0.25, 0.3) is 0 Å². The summed E-state index contributed by atoms with van der Waals surface area (Å²) in [6.45, 7) is 3.93. The van der Waals surface area contributed by atoms with Gasteiger partial charge in [0.1, 0.15) is 5.82 Å². The third-order valence-electron chi connectivity index (χ3n) is 2.19. The highest BCUT2D eigenvalue weighted by atomic mass is 79.9. The molecule has 1 aromatic carbocycles. The molecule has 1 aromatic rings. The maximum Gasteiger partial charge on any atom is 0.124 e. The first-order valence-corrected chi connectivity index (χ1v) is 4.64. The SMILES string of the molecule is C=C1CCc2cc(F)cc(Br)c21. The van der Waals surface area contributed by atoms with E-state index in [1.807, 2.05) is 0 Å². The fourth-order valence-electron chi connectivity index (χ4n) is 1.63. The van der Waals surface area contributed by atoms with Crippen LogP contribution in [0.2, 0.25) is 0 Å². The Balaban J connectivity index is 2.68. The minimum Gasteiger partial charge on any atom is -0.207 e. The first-order valence-electron chi connectivity index (χ1n) is 3.84. The number of rotatable bonds is 0. The van der Waals surface area contributed by atoms with Crippen molar-refractivity contribution in [1.29, 1.82) is 0 Å². The molecular formula is C10H8BrF. The summed E-state index contributed by atoms with van der Waals surface area (Å²) in [6.07, 6.45) is 1.88. The monoisotopic (exact) mass is 226 g/mol. The molecular weight excluding hydrogens is 219 g/mol. The zero-order valence-electron chi connectivity index (χ0n) is 6.53. The van der Waals surface area contributed by atoms with E-state index in [0.29, 0.717) is 0 Å². The van der Waals surface area contributed by atoms with Gasteiger partial charge < -0.3 is 0 Å². The molecule has 0 fully saturated rings. The molecule has 0 spiro atoms. The summed E-state index contributed by atoms with van der Waals surface area (Å²) in [5.41, 5.74) is 3.29. The Labute approximate surface area is 79.2 Å². The average Bonchev–Trinajstić information content (AvgIpc) is 2.31. The van der Waals surface area contributed by atoms with Crippen LogP contribution in [0.5, 0.6) is 0 Å². The molecule has 1 aliphatic rings. The molecule has 0 bridgehead atoms. The van der Waals surface area contributed by atoms with Crippen molar-refractivity contribution in [3.63, 3.8) is 0 Å². The van der Waals surface area contributed by atoms with Gasteiger partial charge in [0.2, 0.25) is 0 Å². The van der Waals surface area contributed by atoms with Crippen molar-refractivity contribution in [2.45, 2.75) is 12.8 Å². The van der Waals surface area contributed by atoms with Gasteiger partial charge in [0.15, 0.2) is 0 Å². The summed E-state index contributed by atoms with van der Waals surface area (Å²) >= 11 is 3.34. The summed E-state index contributed by atoms with van der Waals surface area (Å²) in [6, 6.07) is 3.09. The molecule has 0 aliphatic heterocycles. The first-order chi connectivity index (χ1) is 5.68. The lowest BCUT2D eigenvalue weighted by atomic mass is 10.1. The second-order valence-corrected chi connectivity index (χ2v) is 3.88. The Hall–Kier alpha value is -0.630. The quantitative estimate of drug-likeness (QED) is 0.635. The first kappa shape index (κ1) is 7.99. The lowest BCUT2D eigenvalue weighted by Gasteiger charge is -2.02. The summed E-state index contributed by atoms with van der Waals surface area (Å²) in [7, 11) is 0. The van der Waals surface area contributed by atoms with Crippen LogP contribution in [-0.4, -0.2) is 0 Å². The molecule has 12 heavy (non-hydrogen) atoms.